The Morgan fingerprint density at radius 2 is 2.27 bits per heavy atom. The highest BCUT2D eigenvalue weighted by molar-refractivity contribution is 6.21. The van der Waals surface area contributed by atoms with Crippen LogP contribution in [-0.2, 0) is 9.53 Å². The summed E-state index contributed by atoms with van der Waals surface area (Å²) in [5.74, 6) is -0.319. The highest BCUT2D eigenvalue weighted by atomic mass is 35.5. The summed E-state index contributed by atoms with van der Waals surface area (Å²) in [4.78, 5) is 11.1. The molecule has 0 rings (SSSR count). The van der Waals surface area contributed by atoms with E-state index in [1.54, 1.807) is 0 Å². The summed E-state index contributed by atoms with van der Waals surface area (Å²) in [6.07, 6.45) is 3.34. The average Bonchev–Trinajstić information content (AvgIpc) is 2.22. The Balaban J connectivity index is 3.59. The normalized spacial score (nSPS) is 14.3. The van der Waals surface area contributed by atoms with Gasteiger partial charge in [-0.3, -0.25) is 4.79 Å². The van der Waals surface area contributed by atoms with E-state index in [9.17, 15) is 9.90 Å². The van der Waals surface area contributed by atoms with Crippen LogP contribution in [0.15, 0.2) is 12.7 Å². The molecule has 0 aromatic carbocycles. The van der Waals surface area contributed by atoms with Crippen LogP contribution in [0.1, 0.15) is 32.6 Å². The van der Waals surface area contributed by atoms with Gasteiger partial charge in [0.15, 0.2) is 0 Å². The van der Waals surface area contributed by atoms with E-state index in [0.29, 0.717) is 19.3 Å². The van der Waals surface area contributed by atoms with Gasteiger partial charge in [-0.1, -0.05) is 19.6 Å². The average molecular weight is 235 g/mol. The molecule has 4 heteroatoms. The molecule has 0 aliphatic carbocycles. The summed E-state index contributed by atoms with van der Waals surface area (Å²) >= 11 is 5.92. The van der Waals surface area contributed by atoms with Crippen LogP contribution in [0, 0.1) is 0 Å². The van der Waals surface area contributed by atoms with Crippen molar-refractivity contribution in [2.45, 2.75) is 44.1 Å². The molecule has 0 aromatic rings. The van der Waals surface area contributed by atoms with E-state index in [4.69, 9.17) is 16.3 Å². The maximum Gasteiger partial charge on any atom is 0.307 e. The second-order valence-corrected chi connectivity index (χ2v) is 4.03. The van der Waals surface area contributed by atoms with Gasteiger partial charge in [0.25, 0.3) is 0 Å². The van der Waals surface area contributed by atoms with Gasteiger partial charge in [0.05, 0.1) is 12.5 Å². The monoisotopic (exact) mass is 234 g/mol. The third-order valence-corrected chi connectivity index (χ3v) is 2.41. The molecule has 0 radical (unpaired) electrons. The van der Waals surface area contributed by atoms with Crippen molar-refractivity contribution in [1.29, 1.82) is 0 Å². The zero-order valence-electron chi connectivity index (χ0n) is 9.12. The second-order valence-electron chi connectivity index (χ2n) is 3.41. The lowest BCUT2D eigenvalue weighted by atomic mass is 10.1. The third kappa shape index (κ3) is 8.45. The molecule has 0 spiro atoms. The van der Waals surface area contributed by atoms with Crippen molar-refractivity contribution in [3.05, 3.63) is 12.7 Å². The second kappa shape index (κ2) is 8.74. The van der Waals surface area contributed by atoms with Crippen LogP contribution < -0.4 is 0 Å². The largest absolute Gasteiger partial charge is 0.461 e. The highest BCUT2D eigenvalue weighted by Crippen LogP contribution is 2.13. The Bertz CT molecular complexity index is 194. The minimum absolute atomic E-state index is 0.186. The minimum atomic E-state index is -0.324. The molecule has 0 heterocycles. The number of esters is 1. The SMILES string of the molecule is C=CCOC(=O)CC(Cl)CCC(O)CC. The lowest BCUT2D eigenvalue weighted by Gasteiger charge is -2.11. The number of hydrogen-bond acceptors (Lipinski definition) is 3. The van der Waals surface area contributed by atoms with Gasteiger partial charge in [-0.15, -0.1) is 11.6 Å². The first-order valence-electron chi connectivity index (χ1n) is 5.18. The van der Waals surface area contributed by atoms with Crippen molar-refractivity contribution < 1.29 is 14.6 Å². The summed E-state index contributed by atoms with van der Waals surface area (Å²) in [5.41, 5.74) is 0. The molecule has 0 aliphatic heterocycles. The van der Waals surface area contributed by atoms with Crippen molar-refractivity contribution in [1.82, 2.24) is 0 Å². The van der Waals surface area contributed by atoms with Crippen LogP contribution in [0.2, 0.25) is 0 Å². The van der Waals surface area contributed by atoms with Crippen molar-refractivity contribution in [2.24, 2.45) is 0 Å². The number of aliphatic hydroxyl groups excluding tert-OH is 1. The van der Waals surface area contributed by atoms with Gasteiger partial charge in [0, 0.05) is 5.38 Å². The fraction of sp³-hybridized carbons (Fsp3) is 0.727. The standard InChI is InChI=1S/C11H19ClO3/c1-3-7-15-11(14)8-9(12)5-6-10(13)4-2/h3,9-10,13H,1,4-8H2,2H3. The number of carbonyl (C=O) groups excluding carboxylic acids is 1. The zero-order chi connectivity index (χ0) is 11.7. The number of alkyl halides is 1. The van der Waals surface area contributed by atoms with Gasteiger partial charge in [0.2, 0.25) is 0 Å². The Kier molecular flexibility index (Phi) is 8.43. The number of halogens is 1. The van der Waals surface area contributed by atoms with Crippen LogP contribution in [0.3, 0.4) is 0 Å². The van der Waals surface area contributed by atoms with E-state index in [1.807, 2.05) is 6.92 Å². The van der Waals surface area contributed by atoms with E-state index >= 15 is 0 Å². The third-order valence-electron chi connectivity index (χ3n) is 2.03. The smallest absolute Gasteiger partial charge is 0.307 e. The summed E-state index contributed by atoms with van der Waals surface area (Å²) < 4.78 is 4.79. The predicted octanol–water partition coefficient (Wildman–Crippen LogP) is 2.26. The van der Waals surface area contributed by atoms with Crippen LogP contribution >= 0.6 is 11.6 Å². The fourth-order valence-electron chi connectivity index (χ4n) is 1.07. The number of hydrogen-bond donors (Lipinski definition) is 1. The fourth-order valence-corrected chi connectivity index (χ4v) is 1.32. The molecule has 0 aliphatic rings. The number of carbonyl (C=O) groups is 1. The molecular weight excluding hydrogens is 216 g/mol. The summed E-state index contributed by atoms with van der Waals surface area (Å²) in [5, 5.41) is 9.03. The predicted molar refractivity (Wildman–Crippen MR) is 60.9 cm³/mol. The first kappa shape index (κ1) is 14.5. The first-order valence-corrected chi connectivity index (χ1v) is 5.62. The topological polar surface area (TPSA) is 46.5 Å². The highest BCUT2D eigenvalue weighted by Gasteiger charge is 2.13. The van der Waals surface area contributed by atoms with Crippen LogP contribution in [0.5, 0.6) is 0 Å². The van der Waals surface area contributed by atoms with Crippen molar-refractivity contribution in [3.8, 4) is 0 Å². The molecule has 2 atom stereocenters. The van der Waals surface area contributed by atoms with Crippen LogP contribution in [0.4, 0.5) is 0 Å². The number of aliphatic hydroxyl groups is 1. The van der Waals surface area contributed by atoms with Crippen LogP contribution in [-0.4, -0.2) is 29.2 Å². The van der Waals surface area contributed by atoms with E-state index in [-0.39, 0.29) is 30.5 Å². The van der Waals surface area contributed by atoms with E-state index in [0.717, 1.165) is 0 Å². The van der Waals surface area contributed by atoms with Crippen molar-refractivity contribution >= 4 is 17.6 Å². The van der Waals surface area contributed by atoms with E-state index in [1.165, 1.54) is 6.08 Å². The quantitative estimate of drug-likeness (QED) is 0.398. The lowest BCUT2D eigenvalue weighted by Crippen LogP contribution is -2.14. The molecular formula is C11H19ClO3. The minimum Gasteiger partial charge on any atom is -0.461 e. The molecule has 0 fully saturated rings. The molecule has 2 unspecified atom stereocenters. The van der Waals surface area contributed by atoms with Crippen molar-refractivity contribution in [3.63, 3.8) is 0 Å². The Labute approximate surface area is 96.1 Å². The Morgan fingerprint density at radius 1 is 1.60 bits per heavy atom. The van der Waals surface area contributed by atoms with E-state index in [2.05, 4.69) is 6.58 Å². The maximum absolute atomic E-state index is 11.1. The van der Waals surface area contributed by atoms with Gasteiger partial charge >= 0.3 is 5.97 Å². The summed E-state index contributed by atoms with van der Waals surface area (Å²) in [6.45, 7) is 5.57. The van der Waals surface area contributed by atoms with Crippen molar-refractivity contribution in [2.75, 3.05) is 6.61 Å². The van der Waals surface area contributed by atoms with E-state index < -0.39 is 0 Å². The Morgan fingerprint density at radius 3 is 2.80 bits per heavy atom. The first-order chi connectivity index (χ1) is 7.10. The molecule has 0 bridgehead atoms. The van der Waals surface area contributed by atoms with Crippen LogP contribution in [0.25, 0.3) is 0 Å². The van der Waals surface area contributed by atoms with Gasteiger partial charge in [-0.2, -0.15) is 0 Å². The maximum atomic E-state index is 11.1. The van der Waals surface area contributed by atoms with Gasteiger partial charge in [-0.25, -0.2) is 0 Å². The molecule has 88 valence electrons. The summed E-state index contributed by atoms with van der Waals surface area (Å²) in [6, 6.07) is 0. The van der Waals surface area contributed by atoms with Gasteiger partial charge in [-0.05, 0) is 19.3 Å². The molecule has 0 aromatic heterocycles. The molecule has 0 amide bonds. The number of rotatable bonds is 8. The molecule has 0 saturated carbocycles. The Hall–Kier alpha value is -0.540. The number of ether oxygens (including phenoxy) is 1. The molecule has 1 N–H and O–H groups in total. The van der Waals surface area contributed by atoms with Gasteiger partial charge in [0.1, 0.15) is 6.61 Å². The molecule has 0 saturated heterocycles. The zero-order valence-corrected chi connectivity index (χ0v) is 9.87. The summed E-state index contributed by atoms with van der Waals surface area (Å²) in [7, 11) is 0. The molecule has 15 heavy (non-hydrogen) atoms. The lowest BCUT2D eigenvalue weighted by molar-refractivity contribution is -0.142. The van der Waals surface area contributed by atoms with Gasteiger partial charge < -0.3 is 9.84 Å². The molecule has 3 nitrogen and oxygen atoms in total.